The Morgan fingerprint density at radius 1 is 1.07 bits per heavy atom. The fourth-order valence-corrected chi connectivity index (χ4v) is 2.42. The largest absolute Gasteiger partial charge is 0.444 e. The molecule has 0 aliphatic carbocycles. The Bertz CT molecular complexity index is 519. The van der Waals surface area contributed by atoms with Crippen LogP contribution in [-0.4, -0.2) is 68.2 Å². The Kier molecular flexibility index (Phi) is 15.2. The average Bonchev–Trinajstić information content (AvgIpc) is 2.56. The van der Waals surface area contributed by atoms with Gasteiger partial charge in [0.05, 0.1) is 0 Å². The van der Waals surface area contributed by atoms with Crippen molar-refractivity contribution in [1.82, 2.24) is 20.9 Å². The number of nitrogens with one attached hydrogen (secondary N) is 3. The molecule has 0 fully saturated rings. The molecule has 1 atom stereocenters. The van der Waals surface area contributed by atoms with Gasteiger partial charge < -0.3 is 25.6 Å². The number of carbonyl (C=O) groups is 2. The van der Waals surface area contributed by atoms with Gasteiger partial charge in [0.2, 0.25) is 5.91 Å². The molecule has 1 unspecified atom stereocenters. The zero-order valence-corrected chi connectivity index (χ0v) is 21.9. The predicted octanol–water partition coefficient (Wildman–Crippen LogP) is 2.82. The molecule has 0 aromatic carbocycles. The van der Waals surface area contributed by atoms with Crippen LogP contribution in [-0.2, 0) is 9.53 Å². The summed E-state index contributed by atoms with van der Waals surface area (Å²) in [5, 5.41) is 9.07. The maximum Gasteiger partial charge on any atom is 0.407 e. The third-order valence-electron chi connectivity index (χ3n) is 4.09. The van der Waals surface area contributed by atoms with Gasteiger partial charge in [-0.15, -0.1) is 24.0 Å². The van der Waals surface area contributed by atoms with Gasteiger partial charge in [-0.2, -0.15) is 0 Å². The number of hydrogen-bond donors (Lipinski definition) is 3. The van der Waals surface area contributed by atoms with Crippen LogP contribution in [0.2, 0.25) is 0 Å². The summed E-state index contributed by atoms with van der Waals surface area (Å²) < 4.78 is 5.36. The smallest absolute Gasteiger partial charge is 0.407 e. The van der Waals surface area contributed by atoms with Crippen molar-refractivity contribution >= 4 is 41.9 Å². The number of hydrogen-bond acceptors (Lipinski definition) is 4. The van der Waals surface area contributed by atoms with E-state index in [1.54, 1.807) is 7.05 Å². The molecule has 9 heteroatoms. The Labute approximate surface area is 194 Å². The predicted molar refractivity (Wildman–Crippen MR) is 130 cm³/mol. The monoisotopic (exact) mass is 527 g/mol. The van der Waals surface area contributed by atoms with Crippen molar-refractivity contribution < 1.29 is 14.3 Å². The van der Waals surface area contributed by atoms with Crippen LogP contribution in [0.5, 0.6) is 0 Å². The van der Waals surface area contributed by atoms with Crippen LogP contribution < -0.4 is 16.0 Å². The zero-order chi connectivity index (χ0) is 21.9. The molecule has 8 nitrogen and oxygen atoms in total. The van der Waals surface area contributed by atoms with Gasteiger partial charge in [-0.1, -0.05) is 27.7 Å². The van der Waals surface area contributed by atoms with E-state index in [-0.39, 0.29) is 47.8 Å². The van der Waals surface area contributed by atoms with E-state index in [1.807, 2.05) is 46.6 Å². The van der Waals surface area contributed by atoms with E-state index < -0.39 is 11.7 Å². The van der Waals surface area contributed by atoms with E-state index in [0.717, 1.165) is 18.9 Å². The van der Waals surface area contributed by atoms with Crippen LogP contribution >= 0.6 is 24.0 Å². The van der Waals surface area contributed by atoms with E-state index in [9.17, 15) is 9.59 Å². The van der Waals surface area contributed by atoms with Crippen LogP contribution in [0, 0.1) is 11.8 Å². The molecule has 0 aromatic heterocycles. The molecule has 3 N–H and O–H groups in total. The second-order valence-electron chi connectivity index (χ2n) is 8.63. The highest BCUT2D eigenvalue weighted by Gasteiger charge is 2.22. The Hall–Kier alpha value is -1.26. The highest BCUT2D eigenvalue weighted by atomic mass is 127. The van der Waals surface area contributed by atoms with Gasteiger partial charge in [-0.05, 0) is 33.1 Å². The first-order valence-electron chi connectivity index (χ1n) is 10.1. The number of guanidine groups is 1. The molecular formula is C20H42IN5O3. The first kappa shape index (κ1) is 29.9. The minimum absolute atomic E-state index is 0. The minimum Gasteiger partial charge on any atom is -0.444 e. The summed E-state index contributed by atoms with van der Waals surface area (Å²) in [6.07, 6.45) is 0.371. The summed E-state index contributed by atoms with van der Waals surface area (Å²) >= 11 is 0. The fraction of sp³-hybridized carbons (Fsp3) is 0.850. The number of carbonyl (C=O) groups excluding carboxylic acids is 2. The molecule has 0 saturated heterocycles. The first-order chi connectivity index (χ1) is 12.9. The molecule has 0 saturated carbocycles. The van der Waals surface area contributed by atoms with Gasteiger partial charge in [0.1, 0.15) is 5.60 Å². The van der Waals surface area contributed by atoms with Gasteiger partial charge in [0, 0.05) is 45.7 Å². The molecule has 0 aromatic rings. The van der Waals surface area contributed by atoms with E-state index in [0.29, 0.717) is 13.1 Å². The van der Waals surface area contributed by atoms with Gasteiger partial charge >= 0.3 is 6.09 Å². The Balaban J connectivity index is 0. The molecule has 0 heterocycles. The van der Waals surface area contributed by atoms with Crippen molar-refractivity contribution in [2.75, 3.05) is 33.7 Å². The zero-order valence-electron chi connectivity index (χ0n) is 19.6. The molecular weight excluding hydrogens is 485 g/mol. The normalized spacial score (nSPS) is 12.9. The minimum atomic E-state index is -0.515. The van der Waals surface area contributed by atoms with Gasteiger partial charge in [-0.25, -0.2) is 4.79 Å². The number of halogens is 1. The second kappa shape index (κ2) is 14.7. The molecule has 0 rings (SSSR count). The molecule has 0 spiro atoms. The summed E-state index contributed by atoms with van der Waals surface area (Å²) in [6, 6.07) is 0.000682. The average molecular weight is 527 g/mol. The molecule has 0 radical (unpaired) electrons. The topological polar surface area (TPSA) is 95.1 Å². The van der Waals surface area contributed by atoms with E-state index in [2.05, 4.69) is 34.8 Å². The third kappa shape index (κ3) is 14.4. The van der Waals surface area contributed by atoms with Crippen LogP contribution in [0.4, 0.5) is 4.79 Å². The molecule has 172 valence electrons. The van der Waals surface area contributed by atoms with Crippen molar-refractivity contribution in [2.24, 2.45) is 16.8 Å². The number of alkyl carbamates (subject to hydrolysis) is 1. The van der Waals surface area contributed by atoms with Crippen LogP contribution in [0.15, 0.2) is 4.99 Å². The van der Waals surface area contributed by atoms with E-state index in [1.165, 1.54) is 0 Å². The lowest BCUT2D eigenvalue weighted by molar-refractivity contribution is -0.123. The van der Waals surface area contributed by atoms with Crippen molar-refractivity contribution in [3.8, 4) is 0 Å². The van der Waals surface area contributed by atoms with Crippen LogP contribution in [0.1, 0.15) is 54.9 Å². The summed E-state index contributed by atoms with van der Waals surface area (Å²) in [4.78, 5) is 29.9. The molecule has 0 aliphatic heterocycles. The van der Waals surface area contributed by atoms with Crippen LogP contribution in [0.25, 0.3) is 0 Å². The number of aliphatic imine (C=N–C) groups is 1. The maximum atomic E-state index is 12.1. The van der Waals surface area contributed by atoms with Crippen molar-refractivity contribution in [2.45, 2.75) is 66.5 Å². The summed E-state index contributed by atoms with van der Waals surface area (Å²) in [6.45, 7) is 15.3. The molecule has 2 amide bonds. The van der Waals surface area contributed by atoms with Crippen molar-refractivity contribution in [3.05, 3.63) is 0 Å². The summed E-state index contributed by atoms with van der Waals surface area (Å²) in [5.41, 5.74) is -0.515. The van der Waals surface area contributed by atoms with E-state index >= 15 is 0 Å². The highest BCUT2D eigenvalue weighted by molar-refractivity contribution is 14.0. The number of nitrogens with zero attached hydrogens (tertiary/aromatic N) is 2. The molecule has 0 bridgehead atoms. The Morgan fingerprint density at radius 3 is 2.07 bits per heavy atom. The fourth-order valence-electron chi connectivity index (χ4n) is 2.42. The van der Waals surface area contributed by atoms with Crippen LogP contribution in [0.3, 0.4) is 0 Å². The lowest BCUT2D eigenvalue weighted by Gasteiger charge is -2.28. The number of rotatable bonds is 9. The van der Waals surface area contributed by atoms with Crippen molar-refractivity contribution in [1.29, 1.82) is 0 Å². The van der Waals surface area contributed by atoms with Gasteiger partial charge in [0.15, 0.2) is 5.96 Å². The van der Waals surface area contributed by atoms with E-state index in [4.69, 9.17) is 4.74 Å². The maximum absolute atomic E-state index is 12.1. The SMILES string of the molecule is CN=C(NCCNC(=O)C(C)C)N(C)CCC(NC(=O)OC(C)(C)C)C(C)C.I. The number of ether oxygens (including phenoxy) is 1. The third-order valence-corrected chi connectivity index (χ3v) is 4.09. The summed E-state index contributed by atoms with van der Waals surface area (Å²) in [5.74, 6) is 1.05. The Morgan fingerprint density at radius 2 is 1.62 bits per heavy atom. The van der Waals surface area contributed by atoms with Gasteiger partial charge in [0.25, 0.3) is 0 Å². The van der Waals surface area contributed by atoms with Crippen molar-refractivity contribution in [3.63, 3.8) is 0 Å². The van der Waals surface area contributed by atoms with Gasteiger partial charge in [-0.3, -0.25) is 9.79 Å². The lowest BCUT2D eigenvalue weighted by atomic mass is 10.0. The quantitative estimate of drug-likeness (QED) is 0.186. The molecule has 0 aliphatic rings. The second-order valence-corrected chi connectivity index (χ2v) is 8.63. The highest BCUT2D eigenvalue weighted by Crippen LogP contribution is 2.11. The standard InChI is InChI=1S/C20H41N5O3.HI/c1-14(2)16(24-19(27)28-20(5,6)7)10-13-25(9)18(21-8)23-12-11-22-17(26)15(3)4;/h14-16H,10-13H2,1-9H3,(H,21,23)(H,22,26)(H,24,27);1H. The lowest BCUT2D eigenvalue weighted by Crippen LogP contribution is -2.46. The number of amides is 2. The summed E-state index contributed by atoms with van der Waals surface area (Å²) in [7, 11) is 3.68. The molecule has 29 heavy (non-hydrogen) atoms. The first-order valence-corrected chi connectivity index (χ1v) is 10.1.